The normalized spacial score (nSPS) is 14.7. The Kier molecular flexibility index (Phi) is 3.49. The molecule has 0 fully saturated rings. The molecule has 0 aliphatic carbocycles. The van der Waals surface area contributed by atoms with Gasteiger partial charge in [0.05, 0.1) is 11.6 Å². The lowest BCUT2D eigenvalue weighted by atomic mass is 10.2. The van der Waals surface area contributed by atoms with Crippen molar-refractivity contribution in [1.82, 2.24) is 10.6 Å². The van der Waals surface area contributed by atoms with Gasteiger partial charge in [0.2, 0.25) is 0 Å². The largest absolute Gasteiger partial charge is 0.355 e. The van der Waals surface area contributed by atoms with Crippen LogP contribution >= 0.6 is 27.5 Å². The Bertz CT molecular complexity index is 392. The van der Waals surface area contributed by atoms with Crippen molar-refractivity contribution < 1.29 is 0 Å². The number of hydrogen-bond donors (Lipinski definition) is 2. The van der Waals surface area contributed by atoms with E-state index in [4.69, 9.17) is 11.6 Å². The molecule has 0 atom stereocenters. The number of benzene rings is 1. The van der Waals surface area contributed by atoms with Gasteiger partial charge in [-0.1, -0.05) is 23.7 Å². The maximum absolute atomic E-state index is 5.99. The number of nitrogens with zero attached hydrogens (tertiary/aromatic N) is 1. The summed E-state index contributed by atoms with van der Waals surface area (Å²) in [7, 11) is 0. The summed E-state index contributed by atoms with van der Waals surface area (Å²) in [5, 5.41) is 7.10. The van der Waals surface area contributed by atoms with Gasteiger partial charge < -0.3 is 10.6 Å². The van der Waals surface area contributed by atoms with Crippen LogP contribution in [0.25, 0.3) is 0 Å². The van der Waals surface area contributed by atoms with Gasteiger partial charge in [0.1, 0.15) is 0 Å². The second kappa shape index (κ2) is 4.86. The van der Waals surface area contributed by atoms with Crippen molar-refractivity contribution in [2.75, 3.05) is 13.1 Å². The predicted octanol–water partition coefficient (Wildman–Crippen LogP) is 2.15. The minimum atomic E-state index is 0.715. The summed E-state index contributed by atoms with van der Waals surface area (Å²) in [6.45, 7) is 2.48. The first kappa shape index (κ1) is 10.8. The van der Waals surface area contributed by atoms with Gasteiger partial charge in [-0.05, 0) is 27.6 Å². The molecule has 0 saturated heterocycles. The summed E-state index contributed by atoms with van der Waals surface area (Å²) < 4.78 is 0.942. The summed E-state index contributed by atoms with van der Waals surface area (Å²) >= 11 is 9.45. The van der Waals surface area contributed by atoms with Crippen LogP contribution in [0, 0.1) is 0 Å². The van der Waals surface area contributed by atoms with Crippen molar-refractivity contribution in [3.05, 3.63) is 33.3 Å². The molecule has 80 valence electrons. The first-order valence-corrected chi connectivity index (χ1v) is 5.89. The van der Waals surface area contributed by atoms with E-state index in [1.165, 1.54) is 0 Å². The molecule has 1 aliphatic rings. The maximum atomic E-state index is 5.99. The molecule has 0 saturated carbocycles. The van der Waals surface area contributed by atoms with Crippen molar-refractivity contribution in [2.45, 2.75) is 6.54 Å². The van der Waals surface area contributed by atoms with Gasteiger partial charge in [-0.3, -0.25) is 4.99 Å². The highest BCUT2D eigenvalue weighted by atomic mass is 79.9. The molecule has 1 aliphatic heterocycles. The van der Waals surface area contributed by atoms with Gasteiger partial charge in [-0.25, -0.2) is 0 Å². The molecule has 0 radical (unpaired) electrons. The van der Waals surface area contributed by atoms with Crippen LogP contribution < -0.4 is 10.6 Å². The highest BCUT2D eigenvalue weighted by Gasteiger charge is 2.06. The molecule has 15 heavy (non-hydrogen) atoms. The topological polar surface area (TPSA) is 36.4 Å². The molecule has 3 nitrogen and oxygen atoms in total. The fourth-order valence-corrected chi connectivity index (χ4v) is 1.98. The van der Waals surface area contributed by atoms with Crippen LogP contribution in [-0.2, 0) is 6.54 Å². The molecule has 0 amide bonds. The number of guanidine groups is 1. The highest BCUT2D eigenvalue weighted by molar-refractivity contribution is 9.10. The Morgan fingerprint density at radius 3 is 3.13 bits per heavy atom. The summed E-state index contributed by atoms with van der Waals surface area (Å²) in [6.07, 6.45) is 0. The highest BCUT2D eigenvalue weighted by Crippen LogP contribution is 2.25. The van der Waals surface area contributed by atoms with Gasteiger partial charge in [0, 0.05) is 17.6 Å². The molecular formula is C10H11BrClN3. The third-order valence-electron chi connectivity index (χ3n) is 2.15. The lowest BCUT2D eigenvalue weighted by Gasteiger charge is -2.08. The standard InChI is InChI=1S/C10H11BrClN3/c11-9-7(2-1-3-8(9)12)6-15-10-13-4-5-14-10/h1-3H,4-6H2,(H2,13,14,15). The van der Waals surface area contributed by atoms with Crippen molar-refractivity contribution in [2.24, 2.45) is 4.99 Å². The summed E-state index contributed by atoms with van der Waals surface area (Å²) in [6, 6.07) is 5.83. The number of hydrogen-bond acceptors (Lipinski definition) is 3. The SMILES string of the molecule is Clc1cccc(CNC2=NCCN2)c1Br. The number of nitrogens with one attached hydrogen (secondary N) is 2. The summed E-state index contributed by atoms with van der Waals surface area (Å²) in [4.78, 5) is 4.25. The average molecular weight is 289 g/mol. The molecule has 2 N–H and O–H groups in total. The van der Waals surface area contributed by atoms with E-state index >= 15 is 0 Å². The van der Waals surface area contributed by atoms with Crippen LogP contribution in [0.5, 0.6) is 0 Å². The molecule has 5 heteroatoms. The van der Waals surface area contributed by atoms with Crippen LogP contribution in [0.15, 0.2) is 27.7 Å². The molecule has 2 rings (SSSR count). The Hall–Kier alpha value is -0.740. The molecule has 0 bridgehead atoms. The van der Waals surface area contributed by atoms with E-state index in [2.05, 4.69) is 31.6 Å². The lowest BCUT2D eigenvalue weighted by Crippen LogP contribution is -2.33. The third-order valence-corrected chi connectivity index (χ3v) is 3.63. The Balaban J connectivity index is 2.01. The zero-order valence-electron chi connectivity index (χ0n) is 8.06. The van der Waals surface area contributed by atoms with Gasteiger partial charge >= 0.3 is 0 Å². The minimum Gasteiger partial charge on any atom is -0.355 e. The van der Waals surface area contributed by atoms with Crippen LogP contribution in [0.4, 0.5) is 0 Å². The summed E-state index contributed by atoms with van der Waals surface area (Å²) in [5.74, 6) is 0.863. The quantitative estimate of drug-likeness (QED) is 0.875. The Morgan fingerprint density at radius 2 is 2.40 bits per heavy atom. The predicted molar refractivity (Wildman–Crippen MR) is 66.3 cm³/mol. The number of aliphatic imine (C=N–C) groups is 1. The van der Waals surface area contributed by atoms with Crippen LogP contribution in [0.2, 0.25) is 5.02 Å². The Morgan fingerprint density at radius 1 is 1.53 bits per heavy atom. The van der Waals surface area contributed by atoms with Gasteiger partial charge in [-0.15, -0.1) is 0 Å². The second-order valence-corrected chi connectivity index (χ2v) is 4.42. The third kappa shape index (κ3) is 2.63. The molecule has 1 heterocycles. The van der Waals surface area contributed by atoms with E-state index < -0.39 is 0 Å². The second-order valence-electron chi connectivity index (χ2n) is 3.22. The van der Waals surface area contributed by atoms with Crippen LogP contribution in [0.1, 0.15) is 5.56 Å². The Labute approximate surface area is 102 Å². The van der Waals surface area contributed by atoms with Gasteiger partial charge in [-0.2, -0.15) is 0 Å². The van der Waals surface area contributed by atoms with E-state index in [-0.39, 0.29) is 0 Å². The average Bonchev–Trinajstić information content (AvgIpc) is 2.73. The van der Waals surface area contributed by atoms with Crippen molar-refractivity contribution >= 4 is 33.5 Å². The van der Waals surface area contributed by atoms with E-state index in [0.717, 1.165) is 34.1 Å². The zero-order valence-corrected chi connectivity index (χ0v) is 10.4. The molecule has 0 aromatic heterocycles. The number of halogens is 2. The minimum absolute atomic E-state index is 0.715. The van der Waals surface area contributed by atoms with E-state index in [9.17, 15) is 0 Å². The first-order chi connectivity index (χ1) is 7.27. The van der Waals surface area contributed by atoms with E-state index in [1.54, 1.807) is 0 Å². The smallest absolute Gasteiger partial charge is 0.191 e. The van der Waals surface area contributed by atoms with Crippen LogP contribution in [0.3, 0.4) is 0 Å². The zero-order chi connectivity index (χ0) is 10.7. The van der Waals surface area contributed by atoms with Gasteiger partial charge in [0.25, 0.3) is 0 Å². The maximum Gasteiger partial charge on any atom is 0.191 e. The van der Waals surface area contributed by atoms with Crippen LogP contribution in [-0.4, -0.2) is 19.0 Å². The van der Waals surface area contributed by atoms with Crippen molar-refractivity contribution in [3.8, 4) is 0 Å². The molecular weight excluding hydrogens is 277 g/mol. The number of rotatable bonds is 2. The first-order valence-electron chi connectivity index (χ1n) is 4.72. The van der Waals surface area contributed by atoms with Crippen molar-refractivity contribution in [3.63, 3.8) is 0 Å². The molecule has 0 spiro atoms. The molecule has 1 aromatic carbocycles. The summed E-state index contributed by atoms with van der Waals surface area (Å²) in [5.41, 5.74) is 1.12. The monoisotopic (exact) mass is 287 g/mol. The lowest BCUT2D eigenvalue weighted by molar-refractivity contribution is 0.864. The fraction of sp³-hybridized carbons (Fsp3) is 0.300. The van der Waals surface area contributed by atoms with E-state index in [0.29, 0.717) is 6.54 Å². The molecule has 0 unspecified atom stereocenters. The molecule has 1 aromatic rings. The fourth-order valence-electron chi connectivity index (χ4n) is 1.38. The van der Waals surface area contributed by atoms with E-state index in [1.807, 2.05) is 18.2 Å². The van der Waals surface area contributed by atoms with Gasteiger partial charge in [0.15, 0.2) is 5.96 Å². The van der Waals surface area contributed by atoms with Crippen molar-refractivity contribution in [1.29, 1.82) is 0 Å².